The molecule has 4 aromatic rings. The van der Waals surface area contributed by atoms with Gasteiger partial charge in [-0.1, -0.05) is 64.1 Å². The van der Waals surface area contributed by atoms with Gasteiger partial charge in [-0.05, 0) is 94.5 Å². The molecule has 0 spiro atoms. The highest BCUT2D eigenvalue weighted by Gasteiger charge is 2.61. The molecule has 6 aliphatic rings. The number of ketones is 2. The first kappa shape index (κ1) is 30.8. The Labute approximate surface area is 292 Å². The summed E-state index contributed by atoms with van der Waals surface area (Å²) in [5, 5.41) is 22.9. The SMILES string of the molecule is CC1=CCc2ccc3c4c(cn3C)C(C)(C)[C@@H]3C=C1[C@@](C#N)(C3=O)c24.CC1=CCc2ccc3c4c(cn3C)C(C)(C)[C@H]3C=C1[C@](C#N)(C3=O)c24. The van der Waals surface area contributed by atoms with Gasteiger partial charge in [-0.3, -0.25) is 9.59 Å². The number of allylic oxidation sites excluding steroid dienone is 8. The lowest BCUT2D eigenvalue weighted by molar-refractivity contribution is -0.125. The Morgan fingerprint density at radius 1 is 0.660 bits per heavy atom. The molecule has 0 N–H and O–H groups in total. The topological polar surface area (TPSA) is 91.6 Å². The molecule has 50 heavy (non-hydrogen) atoms. The maximum Gasteiger partial charge on any atom is 0.169 e. The quantitative estimate of drug-likeness (QED) is 0.194. The van der Waals surface area contributed by atoms with Crippen LogP contribution >= 0.6 is 0 Å². The fraction of sp³-hybridized carbons (Fsp3) is 0.364. The van der Waals surface area contributed by atoms with Gasteiger partial charge in [0.2, 0.25) is 0 Å². The first-order chi connectivity index (χ1) is 23.7. The van der Waals surface area contributed by atoms with E-state index in [4.69, 9.17) is 0 Å². The molecule has 6 heteroatoms. The van der Waals surface area contributed by atoms with Crippen LogP contribution in [-0.2, 0) is 58.2 Å². The lowest BCUT2D eigenvalue weighted by Gasteiger charge is -2.28. The third-order valence-corrected chi connectivity index (χ3v) is 13.4. The van der Waals surface area contributed by atoms with Crippen LogP contribution in [0.3, 0.4) is 0 Å². The van der Waals surface area contributed by atoms with Gasteiger partial charge in [-0.25, -0.2) is 0 Å². The van der Waals surface area contributed by atoms with E-state index in [-0.39, 0.29) is 34.2 Å². The highest BCUT2D eigenvalue weighted by molar-refractivity contribution is 6.12. The van der Waals surface area contributed by atoms with Gasteiger partial charge in [0.1, 0.15) is 0 Å². The maximum atomic E-state index is 13.7. The Hall–Kier alpha value is -5.20. The van der Waals surface area contributed by atoms with E-state index in [0.29, 0.717) is 0 Å². The Balaban J connectivity index is 0.000000135. The van der Waals surface area contributed by atoms with Crippen LogP contribution in [0.15, 0.2) is 83.3 Å². The van der Waals surface area contributed by atoms with E-state index in [9.17, 15) is 20.1 Å². The van der Waals surface area contributed by atoms with Gasteiger partial charge in [-0.15, -0.1) is 0 Å². The number of rotatable bonds is 0. The van der Waals surface area contributed by atoms with E-state index in [2.05, 4.69) is 110 Å². The first-order valence-electron chi connectivity index (χ1n) is 17.6. The smallest absolute Gasteiger partial charge is 0.169 e. The summed E-state index contributed by atoms with van der Waals surface area (Å²) < 4.78 is 4.27. The molecule has 0 radical (unpaired) electrons. The second-order valence-electron chi connectivity index (χ2n) is 16.5. The predicted octanol–water partition coefficient (Wildman–Crippen LogP) is 7.72. The monoisotopic (exact) mass is 656 g/mol. The number of carbonyl (C=O) groups is 2. The lowest BCUT2D eigenvalue weighted by Crippen LogP contribution is -2.39. The summed E-state index contributed by atoms with van der Waals surface area (Å²) in [5.41, 5.74) is 9.68. The molecule has 2 aromatic heterocycles. The summed E-state index contributed by atoms with van der Waals surface area (Å²) in [6, 6.07) is 13.5. The number of Topliss-reactive ketones (excluding diaryl/α,β-unsaturated/α-hetero) is 2. The molecule has 6 nitrogen and oxygen atoms in total. The van der Waals surface area contributed by atoms with E-state index >= 15 is 0 Å². The van der Waals surface area contributed by atoms with E-state index < -0.39 is 10.8 Å². The van der Waals surface area contributed by atoms with Crippen molar-refractivity contribution in [2.75, 3.05) is 0 Å². The van der Waals surface area contributed by atoms with E-state index in [1.807, 2.05) is 27.9 Å². The van der Waals surface area contributed by atoms with Crippen molar-refractivity contribution in [3.63, 3.8) is 0 Å². The minimum atomic E-state index is -1.15. The normalized spacial score (nSPS) is 28.4. The largest absolute Gasteiger partial charge is 0.350 e. The average molecular weight is 657 g/mol. The van der Waals surface area contributed by atoms with Gasteiger partial charge in [0, 0.05) is 71.0 Å². The minimum Gasteiger partial charge on any atom is -0.350 e. The van der Waals surface area contributed by atoms with Crippen LogP contribution in [0.1, 0.15) is 74.9 Å². The molecule has 248 valence electrons. The highest BCUT2D eigenvalue weighted by Crippen LogP contribution is 2.59. The molecule has 2 aromatic carbocycles. The number of nitrogens with zero attached hydrogens (tertiary/aromatic N) is 4. The molecule has 4 bridgehead atoms. The summed E-state index contributed by atoms with van der Waals surface area (Å²) in [6.07, 6.45) is 14.4. The number of hydrogen-bond donors (Lipinski definition) is 0. The molecule has 0 saturated heterocycles. The Bertz CT molecular complexity index is 2380. The molecule has 10 rings (SSSR count). The highest BCUT2D eigenvalue weighted by atomic mass is 16.1. The predicted molar refractivity (Wildman–Crippen MR) is 195 cm³/mol. The number of aromatic nitrogens is 2. The Morgan fingerprint density at radius 2 is 1.04 bits per heavy atom. The zero-order valence-electron chi connectivity index (χ0n) is 29.9. The molecule has 4 atom stereocenters. The van der Waals surface area contributed by atoms with Crippen LogP contribution in [0.5, 0.6) is 0 Å². The third kappa shape index (κ3) is 3.20. The number of nitriles is 2. The molecule has 0 unspecified atom stereocenters. The zero-order valence-corrected chi connectivity index (χ0v) is 29.9. The van der Waals surface area contributed by atoms with Crippen molar-refractivity contribution in [1.29, 1.82) is 10.5 Å². The average Bonchev–Trinajstić information content (AvgIpc) is 3.74. The summed E-state index contributed by atoms with van der Waals surface area (Å²) >= 11 is 0. The molecule has 0 fully saturated rings. The molecular formula is C44H40N4O2. The van der Waals surface area contributed by atoms with Crippen molar-refractivity contribution >= 4 is 33.4 Å². The van der Waals surface area contributed by atoms with Gasteiger partial charge in [0.05, 0.1) is 12.1 Å². The number of fused-ring (bicyclic) bond motifs is 2. The summed E-state index contributed by atoms with van der Waals surface area (Å²) in [5.74, 6) is -0.432. The Kier molecular flexibility index (Phi) is 5.74. The first-order valence-corrected chi connectivity index (χ1v) is 17.6. The Morgan fingerprint density at radius 3 is 1.40 bits per heavy atom. The fourth-order valence-electron chi connectivity index (χ4n) is 10.6. The number of benzene rings is 2. The molecule has 6 aliphatic carbocycles. The standard InChI is InChI=1S/2C22H20N2O/c2*1-12-5-6-13-7-8-17-18-16(10-24(17)4)21(2,3)15-9-14(12)22(11-23,19(13)18)20(15)25/h2*5,7-10,15H,6H2,1-4H3/t2*15-,22-/m10/s1. The molecule has 0 saturated carbocycles. The van der Waals surface area contributed by atoms with Crippen LogP contribution in [0.25, 0.3) is 21.8 Å². The fourth-order valence-corrected chi connectivity index (χ4v) is 10.6. The summed E-state index contributed by atoms with van der Waals surface area (Å²) in [6.45, 7) is 12.7. The van der Waals surface area contributed by atoms with Gasteiger partial charge in [-0.2, -0.15) is 10.5 Å². The third-order valence-electron chi connectivity index (χ3n) is 13.4. The summed E-state index contributed by atoms with van der Waals surface area (Å²) in [4.78, 5) is 27.3. The molecular weight excluding hydrogens is 617 g/mol. The number of hydrogen-bond acceptors (Lipinski definition) is 4. The lowest BCUT2D eigenvalue weighted by atomic mass is 9.70. The van der Waals surface area contributed by atoms with E-state index in [1.165, 1.54) is 11.1 Å². The van der Waals surface area contributed by atoms with Crippen LogP contribution in [0, 0.1) is 34.5 Å². The van der Waals surface area contributed by atoms with E-state index in [1.54, 1.807) is 0 Å². The van der Waals surface area contributed by atoms with Crippen molar-refractivity contribution < 1.29 is 9.59 Å². The molecule has 2 heterocycles. The number of carbonyl (C=O) groups excluding carboxylic acids is 2. The van der Waals surface area contributed by atoms with Gasteiger partial charge in [0.25, 0.3) is 0 Å². The van der Waals surface area contributed by atoms with Crippen molar-refractivity contribution in [3.8, 4) is 12.1 Å². The molecule has 0 aliphatic heterocycles. The van der Waals surface area contributed by atoms with Crippen molar-refractivity contribution in [3.05, 3.63) is 117 Å². The van der Waals surface area contributed by atoms with Gasteiger partial charge < -0.3 is 9.13 Å². The van der Waals surface area contributed by atoms with Crippen LogP contribution in [0.2, 0.25) is 0 Å². The molecule has 0 amide bonds. The van der Waals surface area contributed by atoms with Crippen molar-refractivity contribution in [2.45, 2.75) is 76.0 Å². The van der Waals surface area contributed by atoms with Crippen LogP contribution < -0.4 is 0 Å². The van der Waals surface area contributed by atoms with E-state index in [0.717, 1.165) is 79.2 Å². The van der Waals surface area contributed by atoms with Crippen LogP contribution in [-0.4, -0.2) is 20.7 Å². The minimum absolute atomic E-state index is 0.0530. The van der Waals surface area contributed by atoms with Crippen molar-refractivity contribution in [1.82, 2.24) is 9.13 Å². The van der Waals surface area contributed by atoms with Crippen LogP contribution in [0.4, 0.5) is 0 Å². The van der Waals surface area contributed by atoms with Gasteiger partial charge in [0.15, 0.2) is 22.4 Å². The van der Waals surface area contributed by atoms with Gasteiger partial charge >= 0.3 is 0 Å². The second kappa shape index (κ2) is 9.32. The maximum absolute atomic E-state index is 13.7. The summed E-state index contributed by atoms with van der Waals surface area (Å²) in [7, 11) is 4.10. The number of aryl methyl sites for hydroxylation is 2. The second-order valence-corrected chi connectivity index (χ2v) is 16.5. The van der Waals surface area contributed by atoms with Crippen molar-refractivity contribution in [2.24, 2.45) is 25.9 Å². The zero-order chi connectivity index (χ0) is 35.4.